The van der Waals surface area contributed by atoms with Crippen LogP contribution in [0.4, 0.5) is 5.95 Å². The van der Waals surface area contributed by atoms with E-state index < -0.39 is 0 Å². The number of nitrogens with zero attached hydrogens (tertiary/aromatic N) is 2. The molecule has 0 amide bonds. The van der Waals surface area contributed by atoms with Crippen LogP contribution in [0.25, 0.3) is 0 Å². The largest absolute Gasteiger partial charge is 0.374 e. The van der Waals surface area contributed by atoms with Crippen LogP contribution in [0, 0.1) is 6.92 Å². The number of ether oxygens (including phenoxy) is 1. The van der Waals surface area contributed by atoms with Crippen molar-refractivity contribution in [1.82, 2.24) is 15.3 Å². The molecule has 5 heteroatoms. The summed E-state index contributed by atoms with van der Waals surface area (Å²) in [6.07, 6.45) is 3.81. The molecule has 2 N–H and O–H groups in total. The second kappa shape index (κ2) is 5.04. The normalized spacial score (nSPS) is 21.3. The summed E-state index contributed by atoms with van der Waals surface area (Å²) in [6.45, 7) is 5.32. The molecule has 2 rings (SSSR count). The number of anilines is 1. The molecule has 1 atom stereocenters. The molecule has 0 saturated carbocycles. The maximum atomic E-state index is 5.54. The summed E-state index contributed by atoms with van der Waals surface area (Å²) in [7, 11) is 0. The maximum Gasteiger partial charge on any atom is 0.222 e. The van der Waals surface area contributed by atoms with Gasteiger partial charge in [-0.3, -0.25) is 0 Å². The lowest BCUT2D eigenvalue weighted by Gasteiger charge is -2.23. The van der Waals surface area contributed by atoms with Crippen LogP contribution in [0.2, 0.25) is 0 Å². The average molecular weight is 208 g/mol. The van der Waals surface area contributed by atoms with E-state index in [0.717, 1.165) is 31.8 Å². The third kappa shape index (κ3) is 3.14. The molecule has 1 aliphatic rings. The predicted molar refractivity (Wildman–Crippen MR) is 57.9 cm³/mol. The molecule has 1 aromatic heterocycles. The maximum absolute atomic E-state index is 5.54. The Balaban J connectivity index is 1.79. The molecule has 1 aromatic rings. The van der Waals surface area contributed by atoms with E-state index in [4.69, 9.17) is 4.74 Å². The second-order valence-corrected chi connectivity index (χ2v) is 3.66. The Morgan fingerprint density at radius 1 is 1.53 bits per heavy atom. The SMILES string of the molecule is Cc1cnc(NCC2CNCCO2)nc1. The zero-order chi connectivity index (χ0) is 10.5. The Bertz CT molecular complexity index is 295. The monoisotopic (exact) mass is 208 g/mol. The Hall–Kier alpha value is -1.20. The third-order valence-corrected chi connectivity index (χ3v) is 2.27. The molecule has 0 bridgehead atoms. The molecule has 1 unspecified atom stereocenters. The van der Waals surface area contributed by atoms with Crippen molar-refractivity contribution >= 4 is 5.95 Å². The van der Waals surface area contributed by atoms with E-state index >= 15 is 0 Å². The van der Waals surface area contributed by atoms with Gasteiger partial charge in [0.25, 0.3) is 0 Å². The highest BCUT2D eigenvalue weighted by atomic mass is 16.5. The zero-order valence-corrected chi connectivity index (χ0v) is 8.86. The predicted octanol–water partition coefficient (Wildman–Crippen LogP) is 0.185. The van der Waals surface area contributed by atoms with Gasteiger partial charge in [0, 0.05) is 32.0 Å². The highest BCUT2D eigenvalue weighted by Crippen LogP contribution is 2.01. The lowest BCUT2D eigenvalue weighted by Crippen LogP contribution is -2.42. The Morgan fingerprint density at radius 3 is 3.00 bits per heavy atom. The third-order valence-electron chi connectivity index (χ3n) is 2.27. The number of hydrogen-bond donors (Lipinski definition) is 2. The molecule has 0 aliphatic carbocycles. The van der Waals surface area contributed by atoms with E-state index in [1.165, 1.54) is 0 Å². The molecule has 15 heavy (non-hydrogen) atoms. The molecule has 82 valence electrons. The first-order valence-electron chi connectivity index (χ1n) is 5.19. The van der Waals surface area contributed by atoms with E-state index in [-0.39, 0.29) is 6.10 Å². The van der Waals surface area contributed by atoms with Gasteiger partial charge in [-0.25, -0.2) is 9.97 Å². The van der Waals surface area contributed by atoms with Crippen molar-refractivity contribution in [2.24, 2.45) is 0 Å². The summed E-state index contributed by atoms with van der Waals surface area (Å²) in [5.74, 6) is 0.662. The summed E-state index contributed by atoms with van der Waals surface area (Å²) in [6, 6.07) is 0. The van der Waals surface area contributed by atoms with Crippen LogP contribution in [-0.4, -0.2) is 42.3 Å². The zero-order valence-electron chi connectivity index (χ0n) is 8.86. The Kier molecular flexibility index (Phi) is 3.47. The number of hydrogen-bond acceptors (Lipinski definition) is 5. The Labute approximate surface area is 89.3 Å². The number of morpholine rings is 1. The molecular weight excluding hydrogens is 192 g/mol. The first-order valence-corrected chi connectivity index (χ1v) is 5.19. The van der Waals surface area contributed by atoms with E-state index in [1.807, 2.05) is 6.92 Å². The van der Waals surface area contributed by atoms with Crippen molar-refractivity contribution in [1.29, 1.82) is 0 Å². The summed E-state index contributed by atoms with van der Waals surface area (Å²) in [4.78, 5) is 8.33. The van der Waals surface area contributed by atoms with Crippen LogP contribution in [0.5, 0.6) is 0 Å². The topological polar surface area (TPSA) is 59.1 Å². The second-order valence-electron chi connectivity index (χ2n) is 3.66. The number of aryl methyl sites for hydroxylation is 1. The minimum atomic E-state index is 0.212. The molecular formula is C10H16N4O. The van der Waals surface area contributed by atoms with Crippen molar-refractivity contribution in [2.45, 2.75) is 13.0 Å². The Morgan fingerprint density at radius 2 is 2.33 bits per heavy atom. The molecule has 1 saturated heterocycles. The van der Waals surface area contributed by atoms with E-state index in [2.05, 4.69) is 20.6 Å². The minimum absolute atomic E-state index is 0.212. The van der Waals surface area contributed by atoms with Gasteiger partial charge in [-0.15, -0.1) is 0 Å². The van der Waals surface area contributed by atoms with E-state index in [0.29, 0.717) is 5.95 Å². The van der Waals surface area contributed by atoms with Gasteiger partial charge in [0.15, 0.2) is 0 Å². The molecule has 0 aromatic carbocycles. The molecule has 5 nitrogen and oxygen atoms in total. The smallest absolute Gasteiger partial charge is 0.222 e. The standard InChI is InChI=1S/C10H16N4O/c1-8-4-12-10(13-5-8)14-7-9-6-11-2-3-15-9/h4-5,9,11H,2-3,6-7H2,1H3,(H,12,13,14). The van der Waals surface area contributed by atoms with Crippen LogP contribution in [0.15, 0.2) is 12.4 Å². The lowest BCUT2D eigenvalue weighted by atomic mass is 10.3. The number of rotatable bonds is 3. The fourth-order valence-electron chi connectivity index (χ4n) is 1.44. The molecule has 0 spiro atoms. The summed E-state index contributed by atoms with van der Waals surface area (Å²) in [5, 5.41) is 6.43. The van der Waals surface area contributed by atoms with Crippen molar-refractivity contribution in [3.63, 3.8) is 0 Å². The lowest BCUT2D eigenvalue weighted by molar-refractivity contribution is 0.0371. The minimum Gasteiger partial charge on any atom is -0.374 e. The van der Waals surface area contributed by atoms with Crippen LogP contribution < -0.4 is 10.6 Å². The van der Waals surface area contributed by atoms with Crippen LogP contribution in [0.1, 0.15) is 5.56 Å². The van der Waals surface area contributed by atoms with Crippen molar-refractivity contribution < 1.29 is 4.74 Å². The first-order chi connectivity index (χ1) is 7.34. The van der Waals surface area contributed by atoms with Gasteiger partial charge in [-0.1, -0.05) is 0 Å². The van der Waals surface area contributed by atoms with Gasteiger partial charge in [0.1, 0.15) is 0 Å². The van der Waals surface area contributed by atoms with Crippen LogP contribution in [0.3, 0.4) is 0 Å². The van der Waals surface area contributed by atoms with Crippen molar-refractivity contribution in [3.05, 3.63) is 18.0 Å². The average Bonchev–Trinajstić information content (AvgIpc) is 2.30. The summed E-state index contributed by atoms with van der Waals surface area (Å²) >= 11 is 0. The van der Waals surface area contributed by atoms with Gasteiger partial charge in [-0.05, 0) is 12.5 Å². The van der Waals surface area contributed by atoms with Crippen molar-refractivity contribution in [2.75, 3.05) is 31.6 Å². The van der Waals surface area contributed by atoms with Gasteiger partial charge in [-0.2, -0.15) is 0 Å². The highest BCUT2D eigenvalue weighted by molar-refractivity contribution is 5.24. The first kappa shape index (κ1) is 10.3. The van der Waals surface area contributed by atoms with Crippen LogP contribution in [-0.2, 0) is 4.74 Å². The van der Waals surface area contributed by atoms with Gasteiger partial charge in [0.2, 0.25) is 5.95 Å². The van der Waals surface area contributed by atoms with Crippen LogP contribution >= 0.6 is 0 Å². The molecule has 1 aliphatic heterocycles. The molecule has 0 radical (unpaired) electrons. The number of aromatic nitrogens is 2. The fourth-order valence-corrected chi connectivity index (χ4v) is 1.44. The van der Waals surface area contributed by atoms with Gasteiger partial charge >= 0.3 is 0 Å². The number of nitrogens with one attached hydrogen (secondary N) is 2. The molecule has 1 fully saturated rings. The highest BCUT2D eigenvalue weighted by Gasteiger charge is 2.12. The quantitative estimate of drug-likeness (QED) is 0.742. The summed E-state index contributed by atoms with van der Waals surface area (Å²) < 4.78 is 5.54. The summed E-state index contributed by atoms with van der Waals surface area (Å²) in [5.41, 5.74) is 1.07. The van der Waals surface area contributed by atoms with Gasteiger partial charge < -0.3 is 15.4 Å². The van der Waals surface area contributed by atoms with E-state index in [1.54, 1.807) is 12.4 Å². The van der Waals surface area contributed by atoms with Gasteiger partial charge in [0.05, 0.1) is 12.7 Å². The van der Waals surface area contributed by atoms with E-state index in [9.17, 15) is 0 Å². The van der Waals surface area contributed by atoms with Crippen molar-refractivity contribution in [3.8, 4) is 0 Å². The fraction of sp³-hybridized carbons (Fsp3) is 0.600. The molecule has 2 heterocycles.